The molecule has 0 bridgehead atoms. The number of fused-ring (bicyclic) bond motifs is 1. The van der Waals surface area contributed by atoms with Gasteiger partial charge < -0.3 is 9.88 Å². The van der Waals surface area contributed by atoms with Crippen molar-refractivity contribution in [2.75, 3.05) is 7.05 Å². The highest BCUT2D eigenvalue weighted by Crippen LogP contribution is 2.25. The summed E-state index contributed by atoms with van der Waals surface area (Å²) in [5.41, 5.74) is 2.59. The van der Waals surface area contributed by atoms with Crippen LogP contribution in [0, 0.1) is 0 Å². The summed E-state index contributed by atoms with van der Waals surface area (Å²) in [6.45, 7) is 4.18. The molecule has 1 aromatic heterocycles. The molecule has 0 aliphatic heterocycles. The third-order valence-electron chi connectivity index (χ3n) is 3.05. The topological polar surface area (TPSA) is 17.0 Å². The zero-order chi connectivity index (χ0) is 12.3. The Balaban J connectivity index is 2.46. The molecule has 2 rings (SSSR count). The maximum Gasteiger partial charge on any atom is 0.0498 e. The van der Waals surface area contributed by atoms with Crippen LogP contribution in [-0.4, -0.2) is 11.6 Å². The molecule has 0 fully saturated rings. The van der Waals surface area contributed by atoms with E-state index in [1.807, 2.05) is 13.1 Å². The van der Waals surface area contributed by atoms with E-state index in [9.17, 15) is 0 Å². The molecular weight excluding hydrogens is 232 g/mol. The largest absolute Gasteiger partial charge is 0.347 e. The molecule has 2 nitrogen and oxygen atoms in total. The number of nitrogens with zero attached hydrogens (tertiary/aromatic N) is 1. The maximum absolute atomic E-state index is 6.08. The van der Waals surface area contributed by atoms with Gasteiger partial charge in [-0.2, -0.15) is 0 Å². The third kappa shape index (κ3) is 2.64. The first-order valence-corrected chi connectivity index (χ1v) is 6.56. The first-order chi connectivity index (χ1) is 8.26. The molecule has 0 aliphatic rings. The van der Waals surface area contributed by atoms with Crippen LogP contribution in [0.1, 0.15) is 25.3 Å². The molecule has 2 aromatic rings. The van der Waals surface area contributed by atoms with Crippen LogP contribution in [0.2, 0.25) is 5.02 Å². The minimum atomic E-state index is 0.810. The zero-order valence-electron chi connectivity index (χ0n) is 10.5. The molecule has 1 aromatic carbocycles. The van der Waals surface area contributed by atoms with E-state index in [0.717, 1.165) is 18.1 Å². The van der Waals surface area contributed by atoms with E-state index in [1.165, 1.54) is 29.3 Å². The highest BCUT2D eigenvalue weighted by atomic mass is 35.5. The van der Waals surface area contributed by atoms with Crippen molar-refractivity contribution >= 4 is 22.5 Å². The lowest BCUT2D eigenvalue weighted by atomic mass is 10.2. The van der Waals surface area contributed by atoms with Gasteiger partial charge in [-0.15, -0.1) is 0 Å². The quantitative estimate of drug-likeness (QED) is 0.854. The van der Waals surface area contributed by atoms with Gasteiger partial charge in [0.15, 0.2) is 0 Å². The van der Waals surface area contributed by atoms with Crippen LogP contribution in [0.4, 0.5) is 0 Å². The Morgan fingerprint density at radius 1 is 1.35 bits per heavy atom. The van der Waals surface area contributed by atoms with Crippen molar-refractivity contribution in [1.29, 1.82) is 0 Å². The Morgan fingerprint density at radius 2 is 2.18 bits per heavy atom. The minimum Gasteiger partial charge on any atom is -0.347 e. The molecule has 1 heterocycles. The smallest absolute Gasteiger partial charge is 0.0498 e. The number of hydrogen-bond donors (Lipinski definition) is 1. The van der Waals surface area contributed by atoms with Gasteiger partial charge in [0.25, 0.3) is 0 Å². The SMILES string of the molecule is CCCCn1cc(CNC)c2ccc(Cl)cc21. The number of rotatable bonds is 5. The van der Waals surface area contributed by atoms with Gasteiger partial charge in [-0.3, -0.25) is 0 Å². The van der Waals surface area contributed by atoms with Crippen LogP contribution < -0.4 is 5.32 Å². The van der Waals surface area contributed by atoms with Crippen molar-refractivity contribution in [2.45, 2.75) is 32.9 Å². The Bertz CT molecular complexity index is 502. The number of unbranched alkanes of at least 4 members (excludes halogenated alkanes) is 1. The molecule has 0 atom stereocenters. The molecule has 0 saturated heterocycles. The summed E-state index contributed by atoms with van der Waals surface area (Å²) in [7, 11) is 1.98. The van der Waals surface area contributed by atoms with Gasteiger partial charge in [0.05, 0.1) is 0 Å². The van der Waals surface area contributed by atoms with Crippen molar-refractivity contribution < 1.29 is 0 Å². The molecule has 0 unspecified atom stereocenters. The Hall–Kier alpha value is -0.990. The number of halogens is 1. The summed E-state index contributed by atoms with van der Waals surface area (Å²) in [4.78, 5) is 0. The molecule has 0 spiro atoms. The molecule has 0 radical (unpaired) electrons. The van der Waals surface area contributed by atoms with E-state index in [4.69, 9.17) is 11.6 Å². The van der Waals surface area contributed by atoms with Crippen molar-refractivity contribution in [3.8, 4) is 0 Å². The van der Waals surface area contributed by atoms with Gasteiger partial charge >= 0.3 is 0 Å². The number of aryl methyl sites for hydroxylation is 1. The molecule has 0 aliphatic carbocycles. The normalized spacial score (nSPS) is 11.2. The highest BCUT2D eigenvalue weighted by molar-refractivity contribution is 6.31. The summed E-state index contributed by atoms with van der Waals surface area (Å²) in [6.07, 6.45) is 4.66. The van der Waals surface area contributed by atoms with Crippen molar-refractivity contribution in [2.24, 2.45) is 0 Å². The van der Waals surface area contributed by atoms with E-state index in [-0.39, 0.29) is 0 Å². The van der Waals surface area contributed by atoms with Crippen LogP contribution in [-0.2, 0) is 13.1 Å². The monoisotopic (exact) mass is 250 g/mol. The summed E-state index contributed by atoms with van der Waals surface area (Å²) in [5, 5.41) is 5.33. The average molecular weight is 251 g/mol. The number of nitrogens with one attached hydrogen (secondary N) is 1. The number of aromatic nitrogens is 1. The first-order valence-electron chi connectivity index (χ1n) is 6.18. The fourth-order valence-electron chi connectivity index (χ4n) is 2.19. The summed E-state index contributed by atoms with van der Waals surface area (Å²) in [6, 6.07) is 6.14. The molecular formula is C14H19ClN2. The average Bonchev–Trinajstić information content (AvgIpc) is 2.65. The lowest BCUT2D eigenvalue weighted by molar-refractivity contribution is 0.647. The fourth-order valence-corrected chi connectivity index (χ4v) is 2.35. The van der Waals surface area contributed by atoms with E-state index in [1.54, 1.807) is 0 Å². The van der Waals surface area contributed by atoms with Crippen molar-refractivity contribution in [3.63, 3.8) is 0 Å². The molecule has 0 saturated carbocycles. The van der Waals surface area contributed by atoms with Gasteiger partial charge in [0.1, 0.15) is 0 Å². The van der Waals surface area contributed by atoms with Gasteiger partial charge in [-0.25, -0.2) is 0 Å². The molecule has 92 valence electrons. The van der Waals surface area contributed by atoms with Crippen LogP contribution in [0.5, 0.6) is 0 Å². The van der Waals surface area contributed by atoms with Crippen LogP contribution >= 0.6 is 11.6 Å². The highest BCUT2D eigenvalue weighted by Gasteiger charge is 2.07. The first kappa shape index (κ1) is 12.5. The second-order valence-corrected chi connectivity index (χ2v) is 4.83. The molecule has 3 heteroatoms. The maximum atomic E-state index is 6.08. The Labute approximate surface area is 108 Å². The summed E-state index contributed by atoms with van der Waals surface area (Å²) >= 11 is 6.08. The van der Waals surface area contributed by atoms with E-state index in [0.29, 0.717) is 0 Å². The second-order valence-electron chi connectivity index (χ2n) is 4.39. The minimum absolute atomic E-state index is 0.810. The van der Waals surface area contributed by atoms with Gasteiger partial charge in [-0.1, -0.05) is 31.0 Å². The molecule has 0 amide bonds. The van der Waals surface area contributed by atoms with Crippen molar-refractivity contribution in [1.82, 2.24) is 9.88 Å². The predicted molar refractivity (Wildman–Crippen MR) is 74.6 cm³/mol. The van der Waals surface area contributed by atoms with Gasteiger partial charge in [-0.05, 0) is 31.2 Å². The molecule has 17 heavy (non-hydrogen) atoms. The third-order valence-corrected chi connectivity index (χ3v) is 3.28. The van der Waals surface area contributed by atoms with E-state index < -0.39 is 0 Å². The standard InChI is InChI=1S/C14H19ClN2/c1-3-4-7-17-10-11(9-16-2)13-6-5-12(15)8-14(13)17/h5-6,8,10,16H,3-4,7,9H2,1-2H3. The van der Waals surface area contributed by atoms with Crippen LogP contribution in [0.25, 0.3) is 10.9 Å². The zero-order valence-corrected chi connectivity index (χ0v) is 11.2. The van der Waals surface area contributed by atoms with Crippen molar-refractivity contribution in [3.05, 3.63) is 35.0 Å². The van der Waals surface area contributed by atoms with Crippen LogP contribution in [0.15, 0.2) is 24.4 Å². The summed E-state index contributed by atoms with van der Waals surface area (Å²) < 4.78 is 2.32. The lowest BCUT2D eigenvalue weighted by Crippen LogP contribution is -2.04. The Kier molecular flexibility index (Phi) is 4.08. The van der Waals surface area contributed by atoms with Crippen LogP contribution in [0.3, 0.4) is 0 Å². The number of hydrogen-bond acceptors (Lipinski definition) is 1. The number of benzene rings is 1. The summed E-state index contributed by atoms with van der Waals surface area (Å²) in [5.74, 6) is 0. The molecule has 1 N–H and O–H groups in total. The van der Waals surface area contributed by atoms with Gasteiger partial charge in [0.2, 0.25) is 0 Å². The van der Waals surface area contributed by atoms with E-state index >= 15 is 0 Å². The lowest BCUT2D eigenvalue weighted by Gasteiger charge is -2.03. The van der Waals surface area contributed by atoms with Gasteiger partial charge in [0, 0.05) is 35.2 Å². The Morgan fingerprint density at radius 3 is 2.88 bits per heavy atom. The predicted octanol–water partition coefficient (Wildman–Crippen LogP) is 3.81. The fraction of sp³-hybridized carbons (Fsp3) is 0.429. The van der Waals surface area contributed by atoms with E-state index in [2.05, 4.69) is 35.1 Å². The second kappa shape index (κ2) is 5.56.